The summed E-state index contributed by atoms with van der Waals surface area (Å²) in [5.74, 6) is -4.14. The summed E-state index contributed by atoms with van der Waals surface area (Å²) < 4.78 is 111. The maximum atomic E-state index is 13.3. The van der Waals surface area contributed by atoms with Gasteiger partial charge in [0.2, 0.25) is 5.88 Å². The molecule has 0 aliphatic carbocycles. The van der Waals surface area contributed by atoms with E-state index in [0.717, 1.165) is 16.9 Å². The monoisotopic (exact) mass is 553 g/mol. The molecular weight excluding hydrogens is 534 g/mol. The Labute approximate surface area is 209 Å². The number of carbonyl (C=O) groups excluding carboxylic acids is 1. The number of carbonyl (C=O) groups is 1. The van der Waals surface area contributed by atoms with Crippen molar-refractivity contribution in [2.24, 2.45) is 7.05 Å². The lowest BCUT2D eigenvalue weighted by Gasteiger charge is -2.15. The van der Waals surface area contributed by atoms with Crippen LogP contribution in [0, 0.1) is 6.92 Å². The largest absolute Gasteiger partial charge is 0.471 e. The number of nitrogens with one attached hydrogen (secondary N) is 2. The van der Waals surface area contributed by atoms with Crippen LogP contribution < -0.4 is 15.4 Å². The van der Waals surface area contributed by atoms with E-state index < -0.39 is 53.9 Å². The number of aromatic nitrogens is 5. The van der Waals surface area contributed by atoms with Gasteiger partial charge in [0.25, 0.3) is 5.92 Å². The number of anilines is 1. The quantitative estimate of drug-likeness (QED) is 0.400. The number of amides is 2. The zero-order chi connectivity index (χ0) is 28.5. The van der Waals surface area contributed by atoms with Crippen molar-refractivity contribution in [2.75, 3.05) is 11.9 Å². The van der Waals surface area contributed by atoms with Gasteiger partial charge >= 0.3 is 18.4 Å². The summed E-state index contributed by atoms with van der Waals surface area (Å²) in [7, 11) is 1.31. The van der Waals surface area contributed by atoms with Gasteiger partial charge in [0.05, 0.1) is 23.5 Å². The number of halogens is 8. The Hall–Kier alpha value is -4.05. The van der Waals surface area contributed by atoms with Gasteiger partial charge in [-0.15, -0.1) is 5.10 Å². The summed E-state index contributed by atoms with van der Waals surface area (Å²) in [5, 5.41) is 15.4. The maximum absolute atomic E-state index is 13.3. The van der Waals surface area contributed by atoms with Gasteiger partial charge < -0.3 is 15.4 Å². The van der Waals surface area contributed by atoms with Gasteiger partial charge in [-0.25, -0.2) is 18.6 Å². The molecule has 0 aliphatic heterocycles. The van der Waals surface area contributed by atoms with E-state index in [0.29, 0.717) is 13.0 Å². The molecule has 0 aliphatic rings. The van der Waals surface area contributed by atoms with Crippen LogP contribution in [0.2, 0.25) is 0 Å². The number of rotatable bonds is 7. The normalized spacial score (nSPS) is 12.4. The van der Waals surface area contributed by atoms with E-state index in [1.165, 1.54) is 20.0 Å². The molecule has 2 N–H and O–H groups in total. The minimum Gasteiger partial charge on any atom is -0.471 e. The minimum absolute atomic E-state index is 0.0831. The Morgan fingerprint density at radius 1 is 1.03 bits per heavy atom. The average Bonchev–Trinajstić information content (AvgIpc) is 3.17. The molecule has 0 radical (unpaired) electrons. The highest BCUT2D eigenvalue weighted by atomic mass is 19.4. The van der Waals surface area contributed by atoms with E-state index in [9.17, 15) is 39.9 Å². The number of urea groups is 1. The summed E-state index contributed by atoms with van der Waals surface area (Å²) in [6.45, 7) is 0.417. The zero-order valence-electron chi connectivity index (χ0n) is 19.8. The molecule has 0 saturated heterocycles. The van der Waals surface area contributed by atoms with Gasteiger partial charge in [-0.2, -0.15) is 36.5 Å². The first-order chi connectivity index (χ1) is 17.4. The third-order valence-electron chi connectivity index (χ3n) is 4.64. The molecule has 0 saturated carbocycles. The van der Waals surface area contributed by atoms with Crippen molar-refractivity contribution >= 4 is 11.7 Å². The zero-order valence-corrected chi connectivity index (χ0v) is 19.8. The number of aryl methyl sites for hydroxylation is 2. The van der Waals surface area contributed by atoms with Crippen LogP contribution in [0.5, 0.6) is 5.88 Å². The summed E-state index contributed by atoms with van der Waals surface area (Å²) in [5.41, 5.74) is -3.06. The minimum atomic E-state index is -4.96. The summed E-state index contributed by atoms with van der Waals surface area (Å²) >= 11 is 0. The fourth-order valence-corrected chi connectivity index (χ4v) is 3.11. The summed E-state index contributed by atoms with van der Waals surface area (Å²) in [6, 6.07) is 1.65. The predicted octanol–water partition coefficient (Wildman–Crippen LogP) is 4.97. The molecular formula is C21H19F8N7O2. The van der Waals surface area contributed by atoms with E-state index in [4.69, 9.17) is 0 Å². The summed E-state index contributed by atoms with van der Waals surface area (Å²) in [4.78, 5) is 15.4. The second-order valence-corrected chi connectivity index (χ2v) is 8.17. The van der Waals surface area contributed by atoms with Crippen molar-refractivity contribution in [1.82, 2.24) is 30.3 Å². The number of alkyl halides is 8. The number of ether oxygens (including phenoxy) is 1. The Balaban J connectivity index is 1.72. The van der Waals surface area contributed by atoms with Crippen LogP contribution in [-0.4, -0.2) is 43.5 Å². The smallest absolute Gasteiger partial charge is 0.435 e. The molecule has 0 unspecified atom stereocenters. The lowest BCUT2D eigenvalue weighted by molar-refractivity contribution is -0.142. The molecule has 206 valence electrons. The predicted molar refractivity (Wildman–Crippen MR) is 115 cm³/mol. The highest BCUT2D eigenvalue weighted by Crippen LogP contribution is 2.36. The molecule has 9 nitrogen and oxygen atoms in total. The lowest BCUT2D eigenvalue weighted by atomic mass is 10.1. The van der Waals surface area contributed by atoms with E-state index in [1.54, 1.807) is 0 Å². The highest BCUT2D eigenvalue weighted by Gasteiger charge is 2.38. The van der Waals surface area contributed by atoms with Gasteiger partial charge in [0.1, 0.15) is 0 Å². The maximum Gasteiger partial charge on any atom is 0.435 e. The number of hydrogen-bond donors (Lipinski definition) is 2. The van der Waals surface area contributed by atoms with Crippen molar-refractivity contribution < 1.29 is 44.7 Å². The first kappa shape index (κ1) is 28.5. The lowest BCUT2D eigenvalue weighted by Crippen LogP contribution is -2.29. The van der Waals surface area contributed by atoms with Crippen LogP contribution in [0.4, 0.5) is 45.6 Å². The number of nitrogens with zero attached hydrogens (tertiary/aromatic N) is 5. The van der Waals surface area contributed by atoms with Crippen LogP contribution in [-0.2, 0) is 25.9 Å². The molecule has 38 heavy (non-hydrogen) atoms. The molecule has 0 bridgehead atoms. The molecule has 0 aromatic carbocycles. The fraction of sp³-hybridized carbons (Fsp3) is 0.381. The molecule has 3 aromatic rings. The van der Waals surface area contributed by atoms with Crippen molar-refractivity contribution in [2.45, 2.75) is 38.7 Å². The van der Waals surface area contributed by atoms with Crippen molar-refractivity contribution in [1.29, 1.82) is 0 Å². The molecule has 0 fully saturated rings. The van der Waals surface area contributed by atoms with E-state index in [-0.39, 0.29) is 29.1 Å². The van der Waals surface area contributed by atoms with Crippen molar-refractivity contribution in [3.05, 3.63) is 47.0 Å². The topological polar surface area (TPSA) is 107 Å². The van der Waals surface area contributed by atoms with E-state index in [2.05, 4.69) is 35.7 Å². The second kappa shape index (κ2) is 10.4. The molecule has 3 aromatic heterocycles. The van der Waals surface area contributed by atoms with Crippen LogP contribution in [0.3, 0.4) is 0 Å². The SMILES string of the molecule is Cc1cc(CNC(=O)Nc2cc(OCC(C)(F)F)nc(C(F)(F)F)c2)nnc1-c1cn(C)nc1C(F)(F)F. The Kier molecular flexibility index (Phi) is 7.78. The highest BCUT2D eigenvalue weighted by molar-refractivity contribution is 5.89. The Morgan fingerprint density at radius 2 is 1.71 bits per heavy atom. The average molecular weight is 553 g/mol. The Morgan fingerprint density at radius 3 is 2.29 bits per heavy atom. The van der Waals surface area contributed by atoms with E-state index in [1.807, 2.05) is 0 Å². The van der Waals surface area contributed by atoms with Crippen LogP contribution in [0.1, 0.15) is 29.6 Å². The number of hydrogen-bond acceptors (Lipinski definition) is 6. The van der Waals surface area contributed by atoms with Crippen molar-refractivity contribution in [3.63, 3.8) is 0 Å². The molecule has 3 rings (SSSR count). The molecule has 0 spiro atoms. The van der Waals surface area contributed by atoms with Gasteiger partial charge in [0, 0.05) is 31.9 Å². The van der Waals surface area contributed by atoms with Crippen molar-refractivity contribution in [3.8, 4) is 17.1 Å². The van der Waals surface area contributed by atoms with Gasteiger partial charge in [-0.05, 0) is 24.6 Å². The standard InChI is InChI=1S/C21H19F8N7O2/c1-10-4-12(33-34-16(10)13-8-36(3)35-17(13)21(27,28)29)7-30-18(37)31-11-5-14(20(24,25)26)32-15(6-11)38-9-19(2,22)23/h4-6,8H,7,9H2,1-3H3,(H2,30,31,32,37). The molecule has 17 heteroatoms. The van der Waals surface area contributed by atoms with E-state index >= 15 is 0 Å². The third-order valence-corrected chi connectivity index (χ3v) is 4.64. The molecule has 3 heterocycles. The second-order valence-electron chi connectivity index (χ2n) is 8.17. The first-order valence-electron chi connectivity index (χ1n) is 10.5. The fourth-order valence-electron chi connectivity index (χ4n) is 3.11. The Bertz CT molecular complexity index is 1320. The first-order valence-corrected chi connectivity index (χ1v) is 10.5. The van der Waals surface area contributed by atoms with Gasteiger partial charge in [-0.3, -0.25) is 4.68 Å². The van der Waals surface area contributed by atoms with Gasteiger partial charge in [0.15, 0.2) is 18.0 Å². The van der Waals surface area contributed by atoms with Gasteiger partial charge in [-0.1, -0.05) is 0 Å². The molecule has 0 atom stereocenters. The summed E-state index contributed by atoms with van der Waals surface area (Å²) in [6.07, 6.45) is -8.56. The molecule has 2 amide bonds. The van der Waals surface area contributed by atoms with Crippen LogP contribution >= 0.6 is 0 Å². The van der Waals surface area contributed by atoms with Crippen LogP contribution in [0.15, 0.2) is 24.4 Å². The third kappa shape index (κ3) is 7.48. The van der Waals surface area contributed by atoms with Crippen LogP contribution in [0.25, 0.3) is 11.3 Å². The number of pyridine rings is 1.